The van der Waals surface area contributed by atoms with Gasteiger partial charge in [-0.05, 0) is 69.1 Å². The molecule has 0 saturated heterocycles. The summed E-state index contributed by atoms with van der Waals surface area (Å²) in [5.41, 5.74) is 3.58. The van der Waals surface area contributed by atoms with Crippen molar-refractivity contribution < 1.29 is 19.4 Å². The van der Waals surface area contributed by atoms with E-state index in [9.17, 15) is 9.90 Å². The number of fused-ring (bicyclic) bond motifs is 3. The second-order valence-corrected chi connectivity index (χ2v) is 11.6. The van der Waals surface area contributed by atoms with Gasteiger partial charge in [-0.1, -0.05) is 41.9 Å². The Morgan fingerprint density at radius 2 is 1.89 bits per heavy atom. The van der Waals surface area contributed by atoms with E-state index in [1.165, 1.54) is 0 Å². The molecule has 2 aliphatic carbocycles. The predicted octanol–water partition coefficient (Wildman–Crippen LogP) is 6.79. The number of benzene rings is 2. The van der Waals surface area contributed by atoms with Crippen LogP contribution in [-0.2, 0) is 21.6 Å². The Labute approximate surface area is 217 Å². The average molecular weight is 508 g/mol. The van der Waals surface area contributed by atoms with E-state index in [0.29, 0.717) is 5.02 Å². The third kappa shape index (κ3) is 4.20. The number of carbonyl (C=O) groups excluding carboxylic acids is 1. The molecule has 1 unspecified atom stereocenters. The lowest BCUT2D eigenvalue weighted by atomic mass is 9.77. The Bertz CT molecular complexity index is 1280. The van der Waals surface area contributed by atoms with Crippen molar-refractivity contribution in [3.05, 3.63) is 70.4 Å². The molecular formula is C30H34ClNO4. The van der Waals surface area contributed by atoms with Crippen LogP contribution in [0.15, 0.2) is 48.7 Å². The molecule has 6 rings (SSSR count). The van der Waals surface area contributed by atoms with E-state index in [1.807, 2.05) is 36.4 Å². The van der Waals surface area contributed by atoms with Gasteiger partial charge >= 0.3 is 0 Å². The number of Topliss-reactive ketones (excluding diaryl/α,β-unsaturated/α-hetero) is 1. The quantitative estimate of drug-likeness (QED) is 0.373. The van der Waals surface area contributed by atoms with E-state index in [-0.39, 0.29) is 17.1 Å². The van der Waals surface area contributed by atoms with E-state index >= 15 is 0 Å². The first-order chi connectivity index (χ1) is 17.4. The summed E-state index contributed by atoms with van der Waals surface area (Å²) in [6.07, 6.45) is 8.58. The van der Waals surface area contributed by atoms with Crippen LogP contribution in [0.1, 0.15) is 79.1 Å². The average Bonchev–Trinajstić information content (AvgIpc) is 3.44. The lowest BCUT2D eigenvalue weighted by molar-refractivity contribution is -0.180. The summed E-state index contributed by atoms with van der Waals surface area (Å²) in [5, 5.41) is 12.2. The van der Waals surface area contributed by atoms with Crippen LogP contribution in [0.4, 0.5) is 0 Å². The molecule has 1 aromatic heterocycles. The number of aliphatic hydroxyl groups excluding tert-OH is 1. The SMILES string of the molecule is COCC1(Cn2cc(C(=O)C3CCCC4(CCC3)OC(O)c3ccccc34)c3ccc(Cl)cc32)CC1. The summed E-state index contributed by atoms with van der Waals surface area (Å²) in [6.45, 7) is 1.58. The van der Waals surface area contributed by atoms with Gasteiger partial charge in [0.25, 0.3) is 0 Å². The normalized spacial score (nSPS) is 27.1. The Morgan fingerprint density at radius 1 is 1.14 bits per heavy atom. The first-order valence-electron chi connectivity index (χ1n) is 13.2. The van der Waals surface area contributed by atoms with E-state index in [0.717, 1.165) is 92.1 Å². The number of hydrogen-bond donors (Lipinski definition) is 1. The maximum Gasteiger partial charge on any atom is 0.182 e. The molecule has 0 radical (unpaired) electrons. The summed E-state index contributed by atoms with van der Waals surface area (Å²) < 4.78 is 13.9. The number of halogens is 1. The summed E-state index contributed by atoms with van der Waals surface area (Å²) in [7, 11) is 1.76. The summed E-state index contributed by atoms with van der Waals surface area (Å²) >= 11 is 6.37. The molecule has 3 aromatic rings. The standard InChI is InChI=1S/C30H34ClNO4/c1-35-19-29(14-15-29)18-32-17-24(22-11-10-21(31)16-26(22)32)27(33)20-6-4-12-30(13-5-7-20)25-9-3-2-8-23(25)28(34)36-30/h2-3,8-11,16-17,20,28,34H,4-7,12-15,18-19H2,1H3. The largest absolute Gasteiger partial charge is 0.384 e. The third-order valence-corrected chi connectivity index (χ3v) is 8.95. The molecule has 5 nitrogen and oxygen atoms in total. The number of ether oxygens (including phenoxy) is 2. The molecule has 0 bridgehead atoms. The zero-order chi connectivity index (χ0) is 24.9. The molecule has 0 amide bonds. The molecule has 1 atom stereocenters. The molecule has 2 fully saturated rings. The summed E-state index contributed by atoms with van der Waals surface area (Å²) in [4.78, 5) is 13.9. The number of nitrogens with zero attached hydrogens (tertiary/aromatic N) is 1. The third-order valence-electron chi connectivity index (χ3n) is 8.72. The molecule has 6 heteroatoms. The van der Waals surface area contributed by atoms with Crippen LogP contribution < -0.4 is 0 Å². The topological polar surface area (TPSA) is 60.7 Å². The molecule has 2 aromatic carbocycles. The first-order valence-corrected chi connectivity index (χ1v) is 13.6. The molecule has 190 valence electrons. The number of ketones is 1. The van der Waals surface area contributed by atoms with Crippen molar-refractivity contribution in [2.24, 2.45) is 11.3 Å². The van der Waals surface area contributed by atoms with Crippen molar-refractivity contribution >= 4 is 28.3 Å². The number of hydrogen-bond acceptors (Lipinski definition) is 4. The van der Waals surface area contributed by atoms with Gasteiger partial charge in [0.2, 0.25) is 0 Å². The second-order valence-electron chi connectivity index (χ2n) is 11.2. The monoisotopic (exact) mass is 507 g/mol. The minimum absolute atomic E-state index is 0.00694. The number of aliphatic hydroxyl groups is 1. The van der Waals surface area contributed by atoms with Gasteiger partial charge in [0, 0.05) is 52.7 Å². The minimum atomic E-state index is -0.858. The Kier molecular flexibility index (Phi) is 6.24. The van der Waals surface area contributed by atoms with Crippen LogP contribution in [0.3, 0.4) is 0 Å². The van der Waals surface area contributed by atoms with Crippen LogP contribution in [0.25, 0.3) is 10.9 Å². The Balaban J connectivity index is 1.23. The highest BCUT2D eigenvalue weighted by Crippen LogP contribution is 2.50. The highest BCUT2D eigenvalue weighted by atomic mass is 35.5. The Hall–Kier alpha value is -2.18. The van der Waals surface area contributed by atoms with E-state index in [4.69, 9.17) is 21.1 Å². The zero-order valence-electron chi connectivity index (χ0n) is 20.8. The van der Waals surface area contributed by atoms with Gasteiger partial charge in [0.1, 0.15) is 0 Å². The smallest absolute Gasteiger partial charge is 0.182 e. The van der Waals surface area contributed by atoms with Crippen molar-refractivity contribution in [3.63, 3.8) is 0 Å². The number of carbonyl (C=O) groups is 1. The lowest BCUT2D eigenvalue weighted by Gasteiger charge is -2.33. The van der Waals surface area contributed by atoms with E-state index < -0.39 is 11.9 Å². The van der Waals surface area contributed by atoms with Gasteiger partial charge in [-0.3, -0.25) is 4.79 Å². The molecule has 3 aliphatic rings. The summed E-state index contributed by atoms with van der Waals surface area (Å²) in [6, 6.07) is 13.9. The van der Waals surface area contributed by atoms with Gasteiger partial charge in [0.15, 0.2) is 12.1 Å². The maximum atomic E-state index is 13.9. The van der Waals surface area contributed by atoms with Crippen molar-refractivity contribution in [1.29, 1.82) is 0 Å². The highest BCUT2D eigenvalue weighted by Gasteiger charge is 2.45. The van der Waals surface area contributed by atoms with Gasteiger partial charge in [-0.25, -0.2) is 0 Å². The van der Waals surface area contributed by atoms with Crippen LogP contribution in [-0.4, -0.2) is 29.2 Å². The fourth-order valence-corrected chi connectivity index (χ4v) is 6.83. The van der Waals surface area contributed by atoms with Gasteiger partial charge in [-0.2, -0.15) is 0 Å². The molecule has 2 saturated carbocycles. The summed E-state index contributed by atoms with van der Waals surface area (Å²) in [5.74, 6) is 0.230. The Morgan fingerprint density at radius 3 is 2.61 bits per heavy atom. The first kappa shape index (κ1) is 24.2. The van der Waals surface area contributed by atoms with Crippen LogP contribution in [0.2, 0.25) is 5.02 Å². The molecule has 2 heterocycles. The van der Waals surface area contributed by atoms with Crippen LogP contribution >= 0.6 is 11.6 Å². The van der Waals surface area contributed by atoms with Crippen molar-refractivity contribution in [2.75, 3.05) is 13.7 Å². The maximum absolute atomic E-state index is 13.9. The molecule has 1 aliphatic heterocycles. The van der Waals surface area contributed by atoms with Crippen molar-refractivity contribution in [2.45, 2.75) is 69.8 Å². The van der Waals surface area contributed by atoms with Gasteiger partial charge < -0.3 is 19.1 Å². The van der Waals surface area contributed by atoms with E-state index in [1.54, 1.807) is 7.11 Å². The fourth-order valence-electron chi connectivity index (χ4n) is 6.66. The van der Waals surface area contributed by atoms with Crippen LogP contribution in [0, 0.1) is 11.3 Å². The number of methoxy groups -OCH3 is 1. The molecule has 1 N–H and O–H groups in total. The number of aromatic nitrogens is 1. The molecule has 36 heavy (non-hydrogen) atoms. The molecule has 1 spiro atoms. The van der Waals surface area contributed by atoms with Crippen molar-refractivity contribution in [3.8, 4) is 0 Å². The van der Waals surface area contributed by atoms with Gasteiger partial charge in [-0.15, -0.1) is 0 Å². The highest BCUT2D eigenvalue weighted by molar-refractivity contribution is 6.31. The van der Waals surface area contributed by atoms with E-state index in [2.05, 4.69) is 16.8 Å². The molecular weight excluding hydrogens is 474 g/mol. The predicted molar refractivity (Wildman–Crippen MR) is 140 cm³/mol. The zero-order valence-corrected chi connectivity index (χ0v) is 21.6. The van der Waals surface area contributed by atoms with Crippen LogP contribution in [0.5, 0.6) is 0 Å². The number of rotatable bonds is 6. The second kappa shape index (κ2) is 9.29. The van der Waals surface area contributed by atoms with Gasteiger partial charge in [0.05, 0.1) is 17.7 Å². The lowest BCUT2D eigenvalue weighted by Crippen LogP contribution is -2.29. The van der Waals surface area contributed by atoms with Crippen molar-refractivity contribution in [1.82, 2.24) is 4.57 Å². The minimum Gasteiger partial charge on any atom is -0.384 e. The fraction of sp³-hybridized carbons (Fsp3) is 0.500.